The number of aromatic nitrogens is 3. The summed E-state index contributed by atoms with van der Waals surface area (Å²) >= 11 is 6.00. The van der Waals surface area contributed by atoms with E-state index in [0.717, 1.165) is 5.56 Å². The van der Waals surface area contributed by atoms with Gasteiger partial charge in [0.15, 0.2) is 5.65 Å². The molecule has 7 heteroatoms. The Morgan fingerprint density at radius 2 is 1.92 bits per heavy atom. The minimum Gasteiger partial charge on any atom is -0.462 e. The van der Waals surface area contributed by atoms with E-state index in [1.54, 1.807) is 19.1 Å². The number of ether oxygens (including phenoxy) is 1. The second kappa shape index (κ2) is 6.61. The number of hydrogen-bond donors (Lipinski definition) is 1. The van der Waals surface area contributed by atoms with E-state index in [1.807, 2.05) is 37.6 Å². The van der Waals surface area contributed by atoms with Crippen LogP contribution in [-0.4, -0.2) is 27.3 Å². The Labute approximate surface area is 156 Å². The zero-order valence-electron chi connectivity index (χ0n) is 15.2. The summed E-state index contributed by atoms with van der Waals surface area (Å²) in [6.07, 6.45) is 1.45. The molecule has 0 amide bonds. The van der Waals surface area contributed by atoms with Crippen molar-refractivity contribution in [1.29, 1.82) is 0 Å². The molecule has 3 aromatic rings. The first kappa shape index (κ1) is 18.2. The highest BCUT2D eigenvalue weighted by molar-refractivity contribution is 6.30. The fourth-order valence-electron chi connectivity index (χ4n) is 2.76. The molecule has 0 saturated heterocycles. The summed E-state index contributed by atoms with van der Waals surface area (Å²) in [4.78, 5) is 16.7. The highest BCUT2D eigenvalue weighted by atomic mass is 35.5. The van der Waals surface area contributed by atoms with Gasteiger partial charge in [0.2, 0.25) is 0 Å². The zero-order chi connectivity index (χ0) is 19.1. The van der Waals surface area contributed by atoms with Crippen LogP contribution in [0.25, 0.3) is 22.3 Å². The third-order valence-electron chi connectivity index (χ3n) is 3.98. The third-order valence-corrected chi connectivity index (χ3v) is 4.24. The number of halogens is 1. The van der Waals surface area contributed by atoms with Crippen LogP contribution in [0.1, 0.15) is 38.1 Å². The number of nitrogens with zero attached hydrogens (tertiary/aromatic N) is 3. The lowest BCUT2D eigenvalue weighted by atomic mass is 10.1. The van der Waals surface area contributed by atoms with Crippen LogP contribution < -0.4 is 5.73 Å². The van der Waals surface area contributed by atoms with E-state index in [1.165, 1.54) is 6.20 Å². The largest absolute Gasteiger partial charge is 0.462 e. The summed E-state index contributed by atoms with van der Waals surface area (Å²) in [6.45, 7) is 8.10. The van der Waals surface area contributed by atoms with Gasteiger partial charge in [-0.15, -0.1) is 0 Å². The van der Waals surface area contributed by atoms with Gasteiger partial charge in [0.1, 0.15) is 11.3 Å². The van der Waals surface area contributed by atoms with Crippen LogP contribution in [0, 0.1) is 0 Å². The zero-order valence-corrected chi connectivity index (χ0v) is 16.0. The van der Waals surface area contributed by atoms with E-state index < -0.39 is 5.97 Å². The first-order valence-corrected chi connectivity index (χ1v) is 8.72. The van der Waals surface area contributed by atoms with Gasteiger partial charge in [-0.25, -0.2) is 14.5 Å². The van der Waals surface area contributed by atoms with Gasteiger partial charge in [-0.1, -0.05) is 23.7 Å². The average molecular weight is 373 g/mol. The van der Waals surface area contributed by atoms with E-state index in [2.05, 4.69) is 4.98 Å². The molecule has 2 N–H and O–H groups in total. The van der Waals surface area contributed by atoms with E-state index in [9.17, 15) is 4.79 Å². The second-order valence-corrected chi connectivity index (χ2v) is 7.38. The van der Waals surface area contributed by atoms with E-state index in [0.29, 0.717) is 27.4 Å². The Balaban J connectivity index is 2.33. The van der Waals surface area contributed by atoms with Crippen molar-refractivity contribution in [3.05, 3.63) is 41.0 Å². The van der Waals surface area contributed by atoms with Crippen LogP contribution in [-0.2, 0) is 10.3 Å². The summed E-state index contributed by atoms with van der Waals surface area (Å²) in [5.74, 6) is -0.495. The molecule has 136 valence electrons. The van der Waals surface area contributed by atoms with E-state index in [-0.39, 0.29) is 17.7 Å². The van der Waals surface area contributed by atoms with Crippen molar-refractivity contribution in [2.24, 2.45) is 0 Å². The standard InChI is InChI=1S/C19H21ClN4O2/c1-5-26-18(25)13-10-22-17-14(15(13)21)16(23-24(17)19(2,3)4)11-6-8-12(20)9-7-11/h6-10H,5H2,1-4H3,(H2,21,22). The molecular weight excluding hydrogens is 352 g/mol. The smallest absolute Gasteiger partial charge is 0.341 e. The lowest BCUT2D eigenvalue weighted by molar-refractivity contribution is 0.0527. The maximum Gasteiger partial charge on any atom is 0.341 e. The molecule has 0 aliphatic heterocycles. The van der Waals surface area contributed by atoms with Crippen LogP contribution in [0.4, 0.5) is 5.69 Å². The van der Waals surface area contributed by atoms with Crippen molar-refractivity contribution in [3.63, 3.8) is 0 Å². The van der Waals surface area contributed by atoms with Crippen LogP contribution in [0.5, 0.6) is 0 Å². The minimum atomic E-state index is -0.495. The molecule has 0 bridgehead atoms. The van der Waals surface area contributed by atoms with Gasteiger partial charge in [0, 0.05) is 16.8 Å². The fraction of sp³-hybridized carbons (Fsp3) is 0.316. The number of pyridine rings is 1. The van der Waals surface area contributed by atoms with Gasteiger partial charge in [-0.2, -0.15) is 5.10 Å². The maximum absolute atomic E-state index is 12.2. The number of benzene rings is 1. The molecule has 0 radical (unpaired) electrons. The summed E-state index contributed by atoms with van der Waals surface area (Å²) in [5.41, 5.74) is 8.71. The molecule has 0 spiro atoms. The van der Waals surface area contributed by atoms with Gasteiger partial charge < -0.3 is 10.5 Å². The topological polar surface area (TPSA) is 83.0 Å². The maximum atomic E-state index is 12.2. The average Bonchev–Trinajstić information content (AvgIpc) is 2.97. The Kier molecular flexibility index (Phi) is 4.63. The predicted octanol–water partition coefficient (Wildman–Crippen LogP) is 4.27. The van der Waals surface area contributed by atoms with Gasteiger partial charge in [0.25, 0.3) is 0 Å². The van der Waals surface area contributed by atoms with Crippen LogP contribution in [0.3, 0.4) is 0 Å². The molecule has 0 aliphatic rings. The lowest BCUT2D eigenvalue weighted by Crippen LogP contribution is -2.23. The molecule has 0 atom stereocenters. The highest BCUT2D eigenvalue weighted by Crippen LogP contribution is 2.35. The van der Waals surface area contributed by atoms with E-state index in [4.69, 9.17) is 27.2 Å². The summed E-state index contributed by atoms with van der Waals surface area (Å²) < 4.78 is 6.91. The van der Waals surface area contributed by atoms with Crippen molar-refractivity contribution < 1.29 is 9.53 Å². The first-order valence-electron chi connectivity index (χ1n) is 8.34. The highest BCUT2D eigenvalue weighted by Gasteiger charge is 2.26. The third kappa shape index (κ3) is 3.12. The second-order valence-electron chi connectivity index (χ2n) is 6.94. The van der Waals surface area contributed by atoms with Crippen LogP contribution in [0.15, 0.2) is 30.5 Å². The quantitative estimate of drug-likeness (QED) is 0.694. The van der Waals surface area contributed by atoms with Crippen molar-refractivity contribution in [3.8, 4) is 11.3 Å². The molecule has 2 aromatic heterocycles. The number of nitrogen functional groups attached to an aromatic ring is 1. The van der Waals surface area contributed by atoms with Crippen LogP contribution in [0.2, 0.25) is 5.02 Å². The number of hydrogen-bond acceptors (Lipinski definition) is 5. The van der Waals surface area contributed by atoms with Crippen molar-refractivity contribution in [2.45, 2.75) is 33.2 Å². The molecular formula is C19H21ClN4O2. The number of rotatable bonds is 3. The fourth-order valence-corrected chi connectivity index (χ4v) is 2.88. The lowest BCUT2D eigenvalue weighted by Gasteiger charge is -2.19. The van der Waals surface area contributed by atoms with Crippen molar-refractivity contribution in [2.75, 3.05) is 12.3 Å². The van der Waals surface area contributed by atoms with Gasteiger partial charge in [-0.05, 0) is 39.8 Å². The predicted molar refractivity (Wildman–Crippen MR) is 103 cm³/mol. The van der Waals surface area contributed by atoms with Crippen molar-refractivity contribution >= 4 is 34.3 Å². The summed E-state index contributed by atoms with van der Waals surface area (Å²) in [5, 5.41) is 6.01. The van der Waals surface area contributed by atoms with Gasteiger partial charge in [0.05, 0.1) is 23.2 Å². The molecule has 6 nitrogen and oxygen atoms in total. The number of carbonyl (C=O) groups is 1. The number of nitrogens with two attached hydrogens (primary N) is 1. The van der Waals surface area contributed by atoms with E-state index >= 15 is 0 Å². The van der Waals surface area contributed by atoms with Crippen LogP contribution >= 0.6 is 11.6 Å². The molecule has 0 aliphatic carbocycles. The SMILES string of the molecule is CCOC(=O)c1cnc2c(c(-c3ccc(Cl)cc3)nn2C(C)(C)C)c1N. The number of anilines is 1. The number of fused-ring (bicyclic) bond motifs is 1. The molecule has 0 saturated carbocycles. The Morgan fingerprint density at radius 3 is 2.50 bits per heavy atom. The van der Waals surface area contributed by atoms with Crippen molar-refractivity contribution in [1.82, 2.24) is 14.8 Å². The summed E-state index contributed by atoms with van der Waals surface area (Å²) in [7, 11) is 0. The summed E-state index contributed by atoms with van der Waals surface area (Å²) in [6, 6.07) is 7.32. The molecule has 2 heterocycles. The molecule has 26 heavy (non-hydrogen) atoms. The monoisotopic (exact) mass is 372 g/mol. The normalized spacial score (nSPS) is 11.7. The van der Waals surface area contributed by atoms with Gasteiger partial charge in [-0.3, -0.25) is 0 Å². The minimum absolute atomic E-state index is 0.239. The number of carbonyl (C=O) groups excluding carboxylic acids is 1. The Hall–Kier alpha value is -2.60. The molecule has 0 fully saturated rings. The first-order chi connectivity index (χ1) is 12.2. The Morgan fingerprint density at radius 1 is 1.27 bits per heavy atom. The molecule has 3 rings (SSSR count). The molecule has 1 aromatic carbocycles. The number of esters is 1. The van der Waals surface area contributed by atoms with Gasteiger partial charge >= 0.3 is 5.97 Å². The Bertz CT molecular complexity index is 972. The molecule has 0 unspecified atom stereocenters.